The normalized spacial score (nSPS) is 12.5. The highest BCUT2D eigenvalue weighted by atomic mass is 19.1. The quantitative estimate of drug-likeness (QED) is 0.826. The summed E-state index contributed by atoms with van der Waals surface area (Å²) >= 11 is 0. The maximum Gasteiger partial charge on any atom is 0.259 e. The maximum absolute atomic E-state index is 12.7. The van der Waals surface area contributed by atoms with Gasteiger partial charge >= 0.3 is 0 Å². The molecule has 1 aliphatic heterocycles. The van der Waals surface area contributed by atoms with Gasteiger partial charge in [0.1, 0.15) is 23.1 Å². The lowest BCUT2D eigenvalue weighted by molar-refractivity contribution is 0.0594. The number of fused-ring (bicyclic) bond motifs is 1. The summed E-state index contributed by atoms with van der Waals surface area (Å²) in [5.41, 5.74) is 0.481. The van der Waals surface area contributed by atoms with Crippen LogP contribution in [0, 0.1) is 11.6 Å². The molecule has 25 heavy (non-hydrogen) atoms. The zero-order valence-corrected chi connectivity index (χ0v) is 13.5. The number of nitrogens with zero attached hydrogens (tertiary/aromatic N) is 1. The third kappa shape index (κ3) is 4.23. The van der Waals surface area contributed by atoms with E-state index in [9.17, 15) is 18.4 Å². The minimum absolute atomic E-state index is 0.0684. The molecular formula is C17H16F2N2O4. The van der Waals surface area contributed by atoms with Gasteiger partial charge in [-0.05, 0) is 24.3 Å². The van der Waals surface area contributed by atoms with E-state index >= 15 is 0 Å². The van der Waals surface area contributed by atoms with Crippen molar-refractivity contribution >= 4 is 11.8 Å². The van der Waals surface area contributed by atoms with Crippen molar-refractivity contribution in [2.75, 3.05) is 20.8 Å². The van der Waals surface area contributed by atoms with E-state index in [1.165, 1.54) is 36.2 Å². The van der Waals surface area contributed by atoms with E-state index < -0.39 is 17.5 Å². The summed E-state index contributed by atoms with van der Waals surface area (Å²) in [6.45, 7) is 0.176. The number of benzene rings is 2. The molecule has 0 atom stereocenters. The lowest BCUT2D eigenvalue weighted by Crippen LogP contribution is -2.35. The first-order valence-corrected chi connectivity index (χ1v) is 7.22. The predicted octanol–water partition coefficient (Wildman–Crippen LogP) is 2.14. The van der Waals surface area contributed by atoms with E-state index in [0.717, 1.165) is 12.1 Å². The Morgan fingerprint density at radius 2 is 1.84 bits per heavy atom. The van der Waals surface area contributed by atoms with Crippen molar-refractivity contribution in [2.24, 2.45) is 0 Å². The molecule has 0 unspecified atom stereocenters. The number of nitrogens with one attached hydrogen (secondary N) is 1. The third-order valence-electron chi connectivity index (χ3n) is 3.37. The molecule has 0 aromatic heterocycles. The molecule has 0 aliphatic carbocycles. The zero-order valence-electron chi connectivity index (χ0n) is 13.5. The molecule has 0 radical (unpaired) electrons. The van der Waals surface area contributed by atoms with Gasteiger partial charge in [0.05, 0.1) is 11.1 Å². The Morgan fingerprint density at radius 1 is 1.20 bits per heavy atom. The molecule has 1 heterocycles. The summed E-state index contributed by atoms with van der Waals surface area (Å²) in [7, 11) is 3.07. The van der Waals surface area contributed by atoms with E-state index in [-0.39, 0.29) is 24.0 Å². The number of phenolic OH excluding ortho intramolecular Hbond substituents is 1. The monoisotopic (exact) mass is 350 g/mol. The van der Waals surface area contributed by atoms with Crippen molar-refractivity contribution in [2.45, 2.75) is 0 Å². The number of ether oxygens (including phenoxy) is 1. The highest BCUT2D eigenvalue weighted by Gasteiger charge is 2.22. The second-order valence-electron chi connectivity index (χ2n) is 5.16. The van der Waals surface area contributed by atoms with Gasteiger partial charge in [0.2, 0.25) is 0 Å². The number of amides is 2. The van der Waals surface area contributed by atoms with Crippen LogP contribution in [-0.2, 0) is 0 Å². The number of halogens is 2. The van der Waals surface area contributed by atoms with Crippen molar-refractivity contribution in [3.63, 3.8) is 0 Å². The first-order chi connectivity index (χ1) is 11.8. The van der Waals surface area contributed by atoms with Gasteiger partial charge in [-0.3, -0.25) is 9.59 Å². The maximum atomic E-state index is 12.7. The Kier molecular flexibility index (Phi) is 5.53. The van der Waals surface area contributed by atoms with Gasteiger partial charge in [0.25, 0.3) is 11.8 Å². The van der Waals surface area contributed by atoms with Crippen molar-refractivity contribution in [1.82, 2.24) is 10.2 Å². The van der Waals surface area contributed by atoms with Crippen LogP contribution in [0.4, 0.5) is 8.78 Å². The Labute approximate surface area is 142 Å². The van der Waals surface area contributed by atoms with E-state index in [4.69, 9.17) is 9.84 Å². The fourth-order valence-corrected chi connectivity index (χ4v) is 2.05. The minimum atomic E-state index is -0.569. The molecule has 8 heteroatoms. The average Bonchev–Trinajstić information content (AvgIpc) is 2.58. The Balaban J connectivity index is 0.000000181. The van der Waals surface area contributed by atoms with E-state index in [1.54, 1.807) is 7.05 Å². The van der Waals surface area contributed by atoms with Gasteiger partial charge in [-0.25, -0.2) is 8.78 Å². The van der Waals surface area contributed by atoms with Crippen LogP contribution in [0.5, 0.6) is 11.5 Å². The molecule has 1 aliphatic rings. The summed E-state index contributed by atoms with van der Waals surface area (Å²) in [4.78, 5) is 23.8. The van der Waals surface area contributed by atoms with Gasteiger partial charge in [-0.15, -0.1) is 0 Å². The number of hydrogen-bond acceptors (Lipinski definition) is 4. The molecule has 0 bridgehead atoms. The number of carbonyl (C=O) groups is 2. The largest absolute Gasteiger partial charge is 0.507 e. The Morgan fingerprint density at radius 3 is 2.48 bits per heavy atom. The fourth-order valence-electron chi connectivity index (χ4n) is 2.05. The molecule has 132 valence electrons. The molecule has 0 spiro atoms. The number of rotatable bonds is 1. The summed E-state index contributed by atoms with van der Waals surface area (Å²) in [6.07, 6.45) is 0. The first-order valence-electron chi connectivity index (χ1n) is 7.22. The zero-order chi connectivity index (χ0) is 18.6. The summed E-state index contributed by atoms with van der Waals surface area (Å²) < 4.78 is 30.3. The van der Waals surface area contributed by atoms with Crippen LogP contribution in [0.2, 0.25) is 0 Å². The smallest absolute Gasteiger partial charge is 0.259 e. The molecular weight excluding hydrogens is 334 g/mol. The first kappa shape index (κ1) is 18.2. The van der Waals surface area contributed by atoms with Crippen LogP contribution in [0.15, 0.2) is 36.4 Å². The van der Waals surface area contributed by atoms with Gasteiger partial charge in [-0.2, -0.15) is 0 Å². The van der Waals surface area contributed by atoms with Crippen LogP contribution in [-0.4, -0.2) is 42.6 Å². The van der Waals surface area contributed by atoms with Crippen molar-refractivity contribution in [3.8, 4) is 11.5 Å². The van der Waals surface area contributed by atoms with Gasteiger partial charge in [0.15, 0.2) is 6.73 Å². The van der Waals surface area contributed by atoms with E-state index in [0.29, 0.717) is 11.3 Å². The van der Waals surface area contributed by atoms with Crippen molar-refractivity contribution in [1.29, 1.82) is 0 Å². The molecule has 2 aromatic rings. The molecule has 6 nitrogen and oxygen atoms in total. The number of phenols is 1. The Bertz CT molecular complexity index is 811. The van der Waals surface area contributed by atoms with E-state index in [2.05, 4.69) is 5.32 Å². The van der Waals surface area contributed by atoms with Gasteiger partial charge in [-0.1, -0.05) is 0 Å². The number of aromatic hydroxyl groups is 1. The third-order valence-corrected chi connectivity index (χ3v) is 3.37. The predicted molar refractivity (Wildman–Crippen MR) is 85.4 cm³/mol. The molecule has 0 fully saturated rings. The lowest BCUT2D eigenvalue weighted by atomic mass is 10.1. The van der Waals surface area contributed by atoms with Crippen LogP contribution < -0.4 is 10.1 Å². The number of carbonyl (C=O) groups excluding carboxylic acids is 2. The van der Waals surface area contributed by atoms with Gasteiger partial charge in [0, 0.05) is 26.2 Å². The summed E-state index contributed by atoms with van der Waals surface area (Å²) in [5.74, 6) is -1.57. The molecule has 0 saturated carbocycles. The van der Waals surface area contributed by atoms with E-state index in [1.807, 2.05) is 0 Å². The second-order valence-corrected chi connectivity index (χ2v) is 5.16. The van der Waals surface area contributed by atoms with Crippen LogP contribution >= 0.6 is 0 Å². The average molecular weight is 350 g/mol. The molecule has 2 aromatic carbocycles. The Hall–Kier alpha value is -3.16. The highest BCUT2D eigenvalue weighted by molar-refractivity contribution is 5.97. The molecule has 2 amide bonds. The standard InChI is InChI=1S/C9H8FNO2.C8H8FNO2/c1-11-5-13-8-4-6(10)2-3-7(8)9(11)12;1-10-8(12)6-3-2-5(9)4-7(6)11/h2-4H,5H2,1H3;2-4,11H,1H3,(H,10,12). The van der Waals surface area contributed by atoms with Gasteiger partial charge < -0.3 is 20.1 Å². The van der Waals surface area contributed by atoms with Crippen molar-refractivity contribution < 1.29 is 28.2 Å². The van der Waals surface area contributed by atoms with Crippen molar-refractivity contribution in [3.05, 3.63) is 59.2 Å². The summed E-state index contributed by atoms with van der Waals surface area (Å²) in [5, 5.41) is 11.4. The SMILES string of the molecule is CN1COc2cc(F)ccc2C1=O.CNC(=O)c1ccc(F)cc1O. The molecule has 0 saturated heterocycles. The minimum Gasteiger partial charge on any atom is -0.507 e. The molecule has 2 N–H and O–H groups in total. The topological polar surface area (TPSA) is 78.9 Å². The van der Waals surface area contributed by atoms with Crippen LogP contribution in [0.25, 0.3) is 0 Å². The second kappa shape index (κ2) is 7.61. The summed E-state index contributed by atoms with van der Waals surface area (Å²) in [6, 6.07) is 7.14. The fraction of sp³-hybridized carbons (Fsp3) is 0.176. The van der Waals surface area contributed by atoms with Crippen LogP contribution in [0.1, 0.15) is 20.7 Å². The highest BCUT2D eigenvalue weighted by Crippen LogP contribution is 2.24. The number of hydrogen-bond donors (Lipinski definition) is 2. The lowest BCUT2D eigenvalue weighted by Gasteiger charge is -2.24. The molecule has 3 rings (SSSR count). The van der Waals surface area contributed by atoms with Crippen LogP contribution in [0.3, 0.4) is 0 Å².